The number of thiazole rings is 1. The van der Waals surface area contributed by atoms with Crippen LogP contribution in [-0.4, -0.2) is 12.0 Å². The molecule has 0 N–H and O–H groups in total. The molecule has 1 aromatic heterocycles. The van der Waals surface area contributed by atoms with Crippen molar-refractivity contribution in [2.24, 2.45) is 0 Å². The molecule has 1 aromatic carbocycles. The first-order chi connectivity index (χ1) is 7.72. The van der Waals surface area contributed by atoms with Crippen LogP contribution in [0.4, 0.5) is 10.8 Å². The predicted octanol–water partition coefficient (Wildman–Crippen LogP) is 3.55. The second kappa shape index (κ2) is 4.64. The maximum atomic E-state index is 9.02. The van der Waals surface area contributed by atoms with Gasteiger partial charge in [-0.15, -0.1) is 11.3 Å². The van der Waals surface area contributed by atoms with Crippen molar-refractivity contribution in [2.45, 2.75) is 0 Å². The zero-order chi connectivity index (χ0) is 11.5. The molecule has 2 rings (SSSR count). The summed E-state index contributed by atoms with van der Waals surface area (Å²) in [5.74, 6) is 0. The quantitative estimate of drug-likeness (QED) is 0.850. The van der Waals surface area contributed by atoms with Crippen LogP contribution in [0.3, 0.4) is 0 Å². The van der Waals surface area contributed by atoms with Crippen molar-refractivity contribution >= 4 is 38.1 Å². The van der Waals surface area contributed by atoms with Crippen molar-refractivity contribution in [2.75, 3.05) is 11.9 Å². The molecule has 0 atom stereocenters. The average Bonchev–Trinajstić information content (AvgIpc) is 2.75. The highest BCUT2D eigenvalue weighted by Crippen LogP contribution is 2.30. The third kappa shape index (κ3) is 2.08. The Labute approximate surface area is 106 Å². The first-order valence-corrected chi connectivity index (χ1v) is 6.23. The zero-order valence-electron chi connectivity index (χ0n) is 8.51. The molecular formula is C11H8BrN3S. The summed E-state index contributed by atoms with van der Waals surface area (Å²) in [6.45, 7) is 0. The van der Waals surface area contributed by atoms with E-state index >= 15 is 0 Å². The molecule has 0 unspecified atom stereocenters. The second-order valence-corrected chi connectivity index (χ2v) is 4.79. The smallest absolute Gasteiger partial charge is 0.190 e. The minimum atomic E-state index is 0.649. The van der Waals surface area contributed by atoms with Gasteiger partial charge in [-0.25, -0.2) is 4.98 Å². The standard InChI is InChI=1S/C11H8BrN3S/c1-15(11-14-10(12)7-16-11)9-5-3-2-4-8(9)6-13/h2-5,7H,1H3. The summed E-state index contributed by atoms with van der Waals surface area (Å²) in [5.41, 5.74) is 1.52. The number of hydrogen-bond acceptors (Lipinski definition) is 4. The Morgan fingerprint density at radius 3 is 2.81 bits per heavy atom. The lowest BCUT2D eigenvalue weighted by molar-refractivity contribution is 1.15. The Morgan fingerprint density at radius 2 is 2.19 bits per heavy atom. The molecule has 1 heterocycles. The number of rotatable bonds is 2. The van der Waals surface area contributed by atoms with Gasteiger partial charge in [-0.05, 0) is 28.1 Å². The lowest BCUT2D eigenvalue weighted by Gasteiger charge is -2.16. The number of halogens is 1. The molecule has 0 saturated heterocycles. The van der Waals surface area contributed by atoms with E-state index in [1.807, 2.05) is 35.5 Å². The molecule has 0 radical (unpaired) electrons. The van der Waals surface area contributed by atoms with E-state index in [1.54, 1.807) is 6.07 Å². The molecule has 0 aliphatic carbocycles. The third-order valence-electron chi connectivity index (χ3n) is 2.14. The van der Waals surface area contributed by atoms with Gasteiger partial charge >= 0.3 is 0 Å². The van der Waals surface area contributed by atoms with E-state index < -0.39 is 0 Å². The molecule has 0 saturated carbocycles. The van der Waals surface area contributed by atoms with Crippen LogP contribution >= 0.6 is 27.3 Å². The van der Waals surface area contributed by atoms with Gasteiger partial charge in [-0.1, -0.05) is 12.1 Å². The highest BCUT2D eigenvalue weighted by Gasteiger charge is 2.11. The molecular weight excluding hydrogens is 286 g/mol. The fraction of sp³-hybridized carbons (Fsp3) is 0.0909. The Kier molecular flexibility index (Phi) is 3.22. The molecule has 0 spiro atoms. The van der Waals surface area contributed by atoms with Gasteiger partial charge in [-0.2, -0.15) is 5.26 Å². The monoisotopic (exact) mass is 293 g/mol. The van der Waals surface area contributed by atoms with Gasteiger partial charge in [0.2, 0.25) is 0 Å². The maximum absolute atomic E-state index is 9.02. The number of nitrogens with zero attached hydrogens (tertiary/aromatic N) is 3. The Bertz CT molecular complexity index is 544. The van der Waals surface area contributed by atoms with Gasteiger partial charge in [0.1, 0.15) is 10.7 Å². The van der Waals surface area contributed by atoms with Gasteiger partial charge < -0.3 is 4.90 Å². The van der Waals surface area contributed by atoms with Crippen LogP contribution in [0, 0.1) is 11.3 Å². The van der Waals surface area contributed by atoms with Crippen molar-refractivity contribution in [3.8, 4) is 6.07 Å². The Hall–Kier alpha value is -1.38. The number of benzene rings is 1. The van der Waals surface area contributed by atoms with Crippen molar-refractivity contribution < 1.29 is 0 Å². The Morgan fingerprint density at radius 1 is 1.44 bits per heavy atom. The molecule has 0 aliphatic rings. The summed E-state index contributed by atoms with van der Waals surface area (Å²) in [7, 11) is 1.90. The summed E-state index contributed by atoms with van der Waals surface area (Å²) >= 11 is 4.85. The molecule has 2 aromatic rings. The fourth-order valence-corrected chi connectivity index (χ4v) is 2.59. The molecule has 80 valence electrons. The second-order valence-electron chi connectivity index (χ2n) is 3.14. The normalized spacial score (nSPS) is 9.81. The van der Waals surface area contributed by atoms with Gasteiger partial charge in [-0.3, -0.25) is 0 Å². The molecule has 0 aliphatic heterocycles. The average molecular weight is 294 g/mol. The summed E-state index contributed by atoms with van der Waals surface area (Å²) in [5, 5.41) is 11.8. The molecule has 3 nitrogen and oxygen atoms in total. The topological polar surface area (TPSA) is 39.9 Å². The summed E-state index contributed by atoms with van der Waals surface area (Å²) in [6, 6.07) is 9.65. The van der Waals surface area contributed by atoms with Gasteiger partial charge in [0.25, 0.3) is 0 Å². The number of nitriles is 1. The number of aromatic nitrogens is 1. The van der Waals surface area contributed by atoms with Crippen LogP contribution in [0.2, 0.25) is 0 Å². The van der Waals surface area contributed by atoms with Crippen molar-refractivity contribution in [3.63, 3.8) is 0 Å². The highest BCUT2D eigenvalue weighted by atomic mass is 79.9. The van der Waals surface area contributed by atoms with Crippen molar-refractivity contribution in [1.82, 2.24) is 4.98 Å². The van der Waals surface area contributed by atoms with Crippen molar-refractivity contribution in [1.29, 1.82) is 5.26 Å². The van der Waals surface area contributed by atoms with Crippen LogP contribution in [0.25, 0.3) is 0 Å². The minimum Gasteiger partial charge on any atom is -0.320 e. The van der Waals surface area contributed by atoms with E-state index in [2.05, 4.69) is 27.0 Å². The summed E-state index contributed by atoms with van der Waals surface area (Å²) in [4.78, 5) is 6.22. The zero-order valence-corrected chi connectivity index (χ0v) is 10.9. The minimum absolute atomic E-state index is 0.649. The molecule has 0 fully saturated rings. The van der Waals surface area contributed by atoms with Crippen LogP contribution in [0.15, 0.2) is 34.2 Å². The van der Waals surface area contributed by atoms with E-state index in [1.165, 1.54) is 11.3 Å². The van der Waals surface area contributed by atoms with E-state index in [-0.39, 0.29) is 0 Å². The van der Waals surface area contributed by atoms with Crippen LogP contribution in [0.1, 0.15) is 5.56 Å². The molecule has 5 heteroatoms. The maximum Gasteiger partial charge on any atom is 0.190 e. The lowest BCUT2D eigenvalue weighted by Crippen LogP contribution is -2.10. The number of hydrogen-bond donors (Lipinski definition) is 0. The first-order valence-electron chi connectivity index (χ1n) is 4.56. The van der Waals surface area contributed by atoms with Gasteiger partial charge in [0.05, 0.1) is 11.3 Å². The van der Waals surface area contributed by atoms with E-state index in [0.717, 1.165) is 15.4 Å². The largest absolute Gasteiger partial charge is 0.320 e. The SMILES string of the molecule is CN(c1nc(Br)cs1)c1ccccc1C#N. The lowest BCUT2D eigenvalue weighted by atomic mass is 10.2. The molecule has 0 amide bonds. The van der Waals surface area contributed by atoms with E-state index in [9.17, 15) is 0 Å². The van der Waals surface area contributed by atoms with Crippen LogP contribution < -0.4 is 4.90 Å². The number of para-hydroxylation sites is 1. The van der Waals surface area contributed by atoms with E-state index in [4.69, 9.17) is 5.26 Å². The fourth-order valence-electron chi connectivity index (χ4n) is 1.36. The van der Waals surface area contributed by atoms with Crippen molar-refractivity contribution in [3.05, 3.63) is 39.8 Å². The summed E-state index contributed by atoms with van der Waals surface area (Å²) in [6.07, 6.45) is 0. The van der Waals surface area contributed by atoms with E-state index in [0.29, 0.717) is 5.56 Å². The molecule has 0 bridgehead atoms. The predicted molar refractivity (Wildman–Crippen MR) is 69.0 cm³/mol. The van der Waals surface area contributed by atoms with Crippen LogP contribution in [0.5, 0.6) is 0 Å². The Balaban J connectivity index is 2.41. The first kappa shape index (κ1) is 11.1. The highest BCUT2D eigenvalue weighted by molar-refractivity contribution is 9.10. The summed E-state index contributed by atoms with van der Waals surface area (Å²) < 4.78 is 0.814. The number of anilines is 2. The molecule has 16 heavy (non-hydrogen) atoms. The van der Waals surface area contributed by atoms with Gasteiger partial charge in [0, 0.05) is 12.4 Å². The van der Waals surface area contributed by atoms with Crippen LogP contribution in [-0.2, 0) is 0 Å². The third-order valence-corrected chi connectivity index (χ3v) is 3.76. The van der Waals surface area contributed by atoms with Gasteiger partial charge in [0.15, 0.2) is 5.13 Å².